The predicted molar refractivity (Wildman–Crippen MR) is 90.4 cm³/mol. The molecule has 0 aromatic heterocycles. The van der Waals surface area contributed by atoms with Gasteiger partial charge in [-0.3, -0.25) is 14.9 Å². The van der Waals surface area contributed by atoms with Crippen LogP contribution in [0.4, 0.5) is 5.69 Å². The van der Waals surface area contributed by atoms with Gasteiger partial charge >= 0.3 is 0 Å². The quantitative estimate of drug-likeness (QED) is 0.426. The fraction of sp³-hybridized carbons (Fsp3) is 0.533. The monoisotopic (exact) mass is 385 g/mol. The zero-order chi connectivity index (χ0) is 16.8. The molecule has 126 valence electrons. The van der Waals surface area contributed by atoms with E-state index in [0.29, 0.717) is 30.6 Å². The maximum absolute atomic E-state index is 12.7. The average molecular weight is 386 g/mol. The van der Waals surface area contributed by atoms with Crippen molar-refractivity contribution in [2.45, 2.75) is 6.92 Å². The van der Waals surface area contributed by atoms with Gasteiger partial charge < -0.3 is 14.5 Å². The summed E-state index contributed by atoms with van der Waals surface area (Å²) in [4.78, 5) is 27.2. The van der Waals surface area contributed by atoms with Gasteiger partial charge in [-0.25, -0.2) is 0 Å². The first-order chi connectivity index (χ1) is 11.1. The lowest BCUT2D eigenvalue weighted by Gasteiger charge is -2.34. The van der Waals surface area contributed by atoms with E-state index in [1.807, 2.05) is 0 Å². The number of amides is 1. The van der Waals surface area contributed by atoms with E-state index in [1.165, 1.54) is 18.2 Å². The van der Waals surface area contributed by atoms with Crippen molar-refractivity contribution in [1.29, 1.82) is 0 Å². The van der Waals surface area contributed by atoms with E-state index < -0.39 is 4.92 Å². The van der Waals surface area contributed by atoms with E-state index in [9.17, 15) is 14.9 Å². The first kappa shape index (κ1) is 17.7. The first-order valence-corrected chi connectivity index (χ1v) is 8.67. The Bertz CT molecular complexity index is 574. The first-order valence-electron chi connectivity index (χ1n) is 7.55. The summed E-state index contributed by atoms with van der Waals surface area (Å²) < 4.78 is 5.52. The number of hydrogen-bond donors (Lipinski definition) is 0. The number of nitrogens with zero attached hydrogens (tertiary/aromatic N) is 3. The maximum atomic E-state index is 12.7. The van der Waals surface area contributed by atoms with Gasteiger partial charge in [0.25, 0.3) is 11.6 Å². The third-order valence-corrected chi connectivity index (χ3v) is 4.17. The van der Waals surface area contributed by atoms with Gasteiger partial charge in [0.2, 0.25) is 0 Å². The van der Waals surface area contributed by atoms with Crippen molar-refractivity contribution in [2.24, 2.45) is 0 Å². The number of hydrogen-bond acceptors (Lipinski definition) is 5. The second kappa shape index (κ2) is 8.26. The Morgan fingerprint density at radius 2 is 2.04 bits per heavy atom. The molecule has 0 saturated carbocycles. The van der Waals surface area contributed by atoms with Crippen molar-refractivity contribution in [1.82, 2.24) is 9.80 Å². The maximum Gasteiger partial charge on any atom is 0.273 e. The number of ether oxygens (including phenoxy) is 1. The van der Waals surface area contributed by atoms with Crippen LogP contribution in [0.3, 0.4) is 0 Å². The molecule has 0 bridgehead atoms. The SMILES string of the molecule is CCN1CCN(C(=O)c2ccc([N+](=O)[O-])cc2OCCBr)CC1. The van der Waals surface area contributed by atoms with Gasteiger partial charge in [-0.05, 0) is 12.6 Å². The molecule has 0 atom stereocenters. The fourth-order valence-electron chi connectivity index (χ4n) is 2.51. The summed E-state index contributed by atoms with van der Waals surface area (Å²) in [7, 11) is 0. The Morgan fingerprint density at radius 1 is 1.35 bits per heavy atom. The lowest BCUT2D eigenvalue weighted by atomic mass is 10.1. The van der Waals surface area contributed by atoms with Crippen molar-refractivity contribution in [3.05, 3.63) is 33.9 Å². The van der Waals surface area contributed by atoms with Gasteiger partial charge in [-0.1, -0.05) is 22.9 Å². The molecule has 0 spiro atoms. The largest absolute Gasteiger partial charge is 0.492 e. The normalized spacial score (nSPS) is 15.5. The van der Waals surface area contributed by atoms with Gasteiger partial charge in [0.15, 0.2) is 0 Å². The number of rotatable bonds is 6. The lowest BCUT2D eigenvalue weighted by Crippen LogP contribution is -2.48. The molecule has 1 aliphatic heterocycles. The number of carbonyl (C=O) groups is 1. The van der Waals surface area contributed by atoms with Crippen molar-refractivity contribution < 1.29 is 14.5 Å². The van der Waals surface area contributed by atoms with Crippen molar-refractivity contribution in [2.75, 3.05) is 44.7 Å². The zero-order valence-corrected chi connectivity index (χ0v) is 14.6. The number of alkyl halides is 1. The van der Waals surface area contributed by atoms with Gasteiger partial charge in [0, 0.05) is 37.6 Å². The van der Waals surface area contributed by atoms with E-state index in [0.717, 1.165) is 19.6 Å². The summed E-state index contributed by atoms with van der Waals surface area (Å²) in [5.74, 6) is 0.127. The molecule has 0 aliphatic carbocycles. The molecule has 2 rings (SSSR count). The van der Waals surface area contributed by atoms with E-state index in [4.69, 9.17) is 4.74 Å². The van der Waals surface area contributed by atoms with Crippen LogP contribution in [-0.2, 0) is 0 Å². The number of halogens is 1. The Kier molecular flexibility index (Phi) is 6.35. The Balaban J connectivity index is 2.19. The summed E-state index contributed by atoms with van der Waals surface area (Å²) in [6, 6.07) is 4.14. The predicted octanol–water partition coefficient (Wildman–Crippen LogP) is 2.15. The Hall–Kier alpha value is -1.67. The highest BCUT2D eigenvalue weighted by Crippen LogP contribution is 2.26. The number of carbonyl (C=O) groups excluding carboxylic acids is 1. The van der Waals surface area contributed by atoms with Crippen molar-refractivity contribution in [3.8, 4) is 5.75 Å². The molecule has 8 heteroatoms. The van der Waals surface area contributed by atoms with Crippen LogP contribution >= 0.6 is 15.9 Å². The van der Waals surface area contributed by atoms with Crippen molar-refractivity contribution >= 4 is 27.5 Å². The second-order valence-corrected chi connectivity index (χ2v) is 5.99. The fourth-order valence-corrected chi connectivity index (χ4v) is 2.67. The summed E-state index contributed by atoms with van der Waals surface area (Å²) in [5.41, 5.74) is 0.295. The molecule has 1 aromatic carbocycles. The molecule has 1 amide bonds. The van der Waals surface area contributed by atoms with Crippen LogP contribution in [0.1, 0.15) is 17.3 Å². The number of nitro groups is 1. The molecular weight excluding hydrogens is 366 g/mol. The highest BCUT2D eigenvalue weighted by molar-refractivity contribution is 9.09. The molecular formula is C15H20BrN3O4. The molecule has 23 heavy (non-hydrogen) atoms. The van der Waals surface area contributed by atoms with E-state index in [-0.39, 0.29) is 17.3 Å². The summed E-state index contributed by atoms with van der Waals surface area (Å²) >= 11 is 3.25. The number of nitro benzene ring substituents is 1. The lowest BCUT2D eigenvalue weighted by molar-refractivity contribution is -0.384. The molecule has 1 fully saturated rings. The van der Waals surface area contributed by atoms with Crippen LogP contribution in [0.5, 0.6) is 5.75 Å². The second-order valence-electron chi connectivity index (χ2n) is 5.20. The standard InChI is InChI=1S/C15H20BrN3O4/c1-2-17-6-8-18(9-7-17)15(20)13-4-3-12(19(21)22)11-14(13)23-10-5-16/h3-4,11H,2,5-10H2,1H3. The van der Waals surface area contributed by atoms with E-state index >= 15 is 0 Å². The highest BCUT2D eigenvalue weighted by atomic mass is 79.9. The average Bonchev–Trinajstić information content (AvgIpc) is 2.59. The van der Waals surface area contributed by atoms with Gasteiger partial charge in [0.1, 0.15) is 5.75 Å². The van der Waals surface area contributed by atoms with E-state index in [2.05, 4.69) is 27.8 Å². The molecule has 1 heterocycles. The van der Waals surface area contributed by atoms with Gasteiger partial charge in [-0.2, -0.15) is 0 Å². The Labute approximate surface area is 143 Å². The third kappa shape index (κ3) is 4.42. The van der Waals surface area contributed by atoms with Crippen LogP contribution in [0.2, 0.25) is 0 Å². The minimum atomic E-state index is -0.491. The molecule has 0 radical (unpaired) electrons. The summed E-state index contributed by atoms with van der Waals surface area (Å²) in [5, 5.41) is 11.5. The van der Waals surface area contributed by atoms with Crippen LogP contribution in [0, 0.1) is 10.1 Å². The van der Waals surface area contributed by atoms with Crippen LogP contribution < -0.4 is 4.74 Å². The minimum absolute atomic E-state index is 0.0816. The number of piperazine rings is 1. The van der Waals surface area contributed by atoms with Crippen LogP contribution in [0.15, 0.2) is 18.2 Å². The zero-order valence-electron chi connectivity index (χ0n) is 13.0. The van der Waals surface area contributed by atoms with Crippen LogP contribution in [0.25, 0.3) is 0 Å². The topological polar surface area (TPSA) is 75.9 Å². The summed E-state index contributed by atoms with van der Waals surface area (Å²) in [6.07, 6.45) is 0. The van der Waals surface area contributed by atoms with Crippen molar-refractivity contribution in [3.63, 3.8) is 0 Å². The molecule has 7 nitrogen and oxygen atoms in total. The van der Waals surface area contributed by atoms with E-state index in [1.54, 1.807) is 4.90 Å². The Morgan fingerprint density at radius 3 is 2.61 bits per heavy atom. The molecule has 1 aromatic rings. The molecule has 1 aliphatic rings. The number of non-ortho nitro benzene ring substituents is 1. The molecule has 0 unspecified atom stereocenters. The highest BCUT2D eigenvalue weighted by Gasteiger charge is 2.25. The minimum Gasteiger partial charge on any atom is -0.492 e. The smallest absolute Gasteiger partial charge is 0.273 e. The molecule has 1 saturated heterocycles. The third-order valence-electron chi connectivity index (χ3n) is 3.85. The molecule has 0 N–H and O–H groups in total. The summed E-state index contributed by atoms with van der Waals surface area (Å²) in [6.45, 7) is 6.40. The number of benzene rings is 1. The van der Waals surface area contributed by atoms with Crippen LogP contribution in [-0.4, -0.2) is 65.3 Å². The number of likely N-dealkylation sites (N-methyl/N-ethyl adjacent to an activating group) is 1. The van der Waals surface area contributed by atoms with Gasteiger partial charge in [-0.15, -0.1) is 0 Å². The van der Waals surface area contributed by atoms with Gasteiger partial charge in [0.05, 0.1) is 23.2 Å².